The van der Waals surface area contributed by atoms with Gasteiger partial charge in [0.05, 0.1) is 21.3 Å². The maximum atomic E-state index is 12.4. The largest absolute Gasteiger partial charge is 0.493 e. The van der Waals surface area contributed by atoms with E-state index in [0.29, 0.717) is 43.2 Å². The monoisotopic (exact) mass is 435 g/mol. The molecule has 0 aromatic heterocycles. The van der Waals surface area contributed by atoms with E-state index in [4.69, 9.17) is 18.9 Å². The molecule has 0 aliphatic carbocycles. The summed E-state index contributed by atoms with van der Waals surface area (Å²) in [6.07, 6.45) is 0.867. The van der Waals surface area contributed by atoms with Gasteiger partial charge in [0.1, 0.15) is 12.4 Å². The molecule has 1 amide bonds. The summed E-state index contributed by atoms with van der Waals surface area (Å²) >= 11 is 0. The molecule has 3 aromatic carbocycles. The van der Waals surface area contributed by atoms with Crippen molar-refractivity contribution in [2.45, 2.75) is 26.0 Å². The lowest BCUT2D eigenvalue weighted by molar-refractivity contribution is -0.121. The van der Waals surface area contributed by atoms with E-state index >= 15 is 0 Å². The Morgan fingerprint density at radius 1 is 0.781 bits per heavy atom. The van der Waals surface area contributed by atoms with Gasteiger partial charge in [0.15, 0.2) is 11.5 Å². The lowest BCUT2D eigenvalue weighted by Crippen LogP contribution is -2.23. The highest BCUT2D eigenvalue weighted by Crippen LogP contribution is 2.40. The summed E-state index contributed by atoms with van der Waals surface area (Å²) in [6.45, 7) is 0.984. The molecular weight excluding hydrogens is 406 g/mol. The minimum absolute atomic E-state index is 0.0359. The molecule has 0 saturated carbocycles. The molecule has 0 fully saturated rings. The van der Waals surface area contributed by atoms with Gasteiger partial charge in [-0.2, -0.15) is 0 Å². The molecule has 1 N–H and O–H groups in total. The van der Waals surface area contributed by atoms with Crippen LogP contribution < -0.4 is 24.3 Å². The van der Waals surface area contributed by atoms with Gasteiger partial charge in [-0.3, -0.25) is 4.79 Å². The smallest absolute Gasteiger partial charge is 0.220 e. The van der Waals surface area contributed by atoms with E-state index in [9.17, 15) is 4.79 Å². The number of hydrogen-bond donors (Lipinski definition) is 1. The minimum Gasteiger partial charge on any atom is -0.493 e. The Hall–Kier alpha value is -3.67. The van der Waals surface area contributed by atoms with Crippen molar-refractivity contribution in [3.05, 3.63) is 83.4 Å². The van der Waals surface area contributed by atoms with E-state index in [1.54, 1.807) is 21.3 Å². The van der Waals surface area contributed by atoms with Crippen molar-refractivity contribution in [3.8, 4) is 23.0 Å². The van der Waals surface area contributed by atoms with Gasteiger partial charge < -0.3 is 24.3 Å². The van der Waals surface area contributed by atoms with Crippen LogP contribution in [0.15, 0.2) is 66.7 Å². The normalized spacial score (nSPS) is 10.3. The molecule has 6 heteroatoms. The van der Waals surface area contributed by atoms with Crippen LogP contribution in [-0.4, -0.2) is 27.2 Å². The van der Waals surface area contributed by atoms with E-state index < -0.39 is 0 Å². The van der Waals surface area contributed by atoms with E-state index in [-0.39, 0.29) is 5.91 Å². The van der Waals surface area contributed by atoms with Crippen LogP contribution in [0.1, 0.15) is 23.1 Å². The number of carbonyl (C=O) groups excluding carboxylic acids is 1. The highest BCUT2D eigenvalue weighted by Gasteiger charge is 2.16. The number of hydrogen-bond acceptors (Lipinski definition) is 5. The zero-order chi connectivity index (χ0) is 22.8. The fourth-order valence-electron chi connectivity index (χ4n) is 3.34. The zero-order valence-corrected chi connectivity index (χ0v) is 18.7. The third-order valence-corrected chi connectivity index (χ3v) is 5.07. The van der Waals surface area contributed by atoms with E-state index in [1.165, 1.54) is 0 Å². The predicted octanol–water partition coefficient (Wildman–Crippen LogP) is 4.54. The number of ether oxygens (including phenoxy) is 4. The molecular formula is C26H29NO5. The molecule has 3 rings (SSSR count). The summed E-state index contributed by atoms with van der Waals surface area (Å²) in [7, 11) is 4.72. The maximum Gasteiger partial charge on any atom is 0.220 e. The van der Waals surface area contributed by atoms with Gasteiger partial charge in [-0.1, -0.05) is 48.5 Å². The Bertz CT molecular complexity index is 1000. The van der Waals surface area contributed by atoms with Crippen molar-refractivity contribution in [2.24, 2.45) is 0 Å². The molecule has 168 valence electrons. The molecule has 3 aromatic rings. The molecule has 0 aliphatic heterocycles. The SMILES string of the molecule is COc1ccc(CCC(=O)NCc2ccc(OCc3ccccc3)cc2)c(OC)c1OC. The number of amides is 1. The van der Waals surface area contributed by atoms with Gasteiger partial charge in [0, 0.05) is 13.0 Å². The molecule has 0 bridgehead atoms. The summed E-state index contributed by atoms with van der Waals surface area (Å²) < 4.78 is 22.0. The molecule has 0 heterocycles. The van der Waals surface area contributed by atoms with Crippen LogP contribution in [0.3, 0.4) is 0 Å². The molecule has 0 unspecified atom stereocenters. The number of rotatable bonds is 11. The van der Waals surface area contributed by atoms with Gasteiger partial charge in [-0.25, -0.2) is 0 Å². The van der Waals surface area contributed by atoms with Gasteiger partial charge in [-0.05, 0) is 41.3 Å². The lowest BCUT2D eigenvalue weighted by atomic mass is 10.1. The average Bonchev–Trinajstić information content (AvgIpc) is 2.85. The van der Waals surface area contributed by atoms with Crippen molar-refractivity contribution in [2.75, 3.05) is 21.3 Å². The standard InChI is InChI=1S/C26H29NO5/c1-29-23-15-11-21(25(30-2)26(23)31-3)12-16-24(28)27-17-19-9-13-22(14-10-19)32-18-20-7-5-4-6-8-20/h4-11,13-15H,12,16-18H2,1-3H3,(H,27,28). The fraction of sp³-hybridized carbons (Fsp3) is 0.269. The van der Waals surface area contributed by atoms with Crippen LogP contribution >= 0.6 is 0 Å². The van der Waals surface area contributed by atoms with Crippen molar-refractivity contribution in [1.29, 1.82) is 0 Å². The first-order chi connectivity index (χ1) is 15.6. The molecule has 0 atom stereocenters. The second-order valence-corrected chi connectivity index (χ2v) is 7.19. The van der Waals surface area contributed by atoms with Crippen LogP contribution in [0.25, 0.3) is 0 Å². The van der Waals surface area contributed by atoms with Gasteiger partial charge >= 0.3 is 0 Å². The van der Waals surface area contributed by atoms with Crippen LogP contribution in [0, 0.1) is 0 Å². The van der Waals surface area contributed by atoms with E-state index in [2.05, 4.69) is 5.32 Å². The topological polar surface area (TPSA) is 66.0 Å². The Kier molecular flexibility index (Phi) is 8.37. The molecule has 0 saturated heterocycles. The minimum atomic E-state index is -0.0359. The van der Waals surface area contributed by atoms with Crippen molar-refractivity contribution < 1.29 is 23.7 Å². The van der Waals surface area contributed by atoms with Crippen LogP contribution in [0.4, 0.5) is 0 Å². The highest BCUT2D eigenvalue weighted by atomic mass is 16.5. The Balaban J connectivity index is 1.48. The Morgan fingerprint density at radius 3 is 2.16 bits per heavy atom. The van der Waals surface area contributed by atoms with Crippen LogP contribution in [0.5, 0.6) is 23.0 Å². The average molecular weight is 436 g/mol. The summed E-state index contributed by atoms with van der Waals surface area (Å²) in [5.74, 6) is 2.47. The summed E-state index contributed by atoms with van der Waals surface area (Å²) in [5, 5.41) is 2.96. The third kappa shape index (κ3) is 6.17. The number of nitrogens with one attached hydrogen (secondary N) is 1. The Labute approximate surface area is 189 Å². The van der Waals surface area contributed by atoms with Crippen LogP contribution in [0.2, 0.25) is 0 Å². The van der Waals surface area contributed by atoms with Crippen molar-refractivity contribution >= 4 is 5.91 Å². The van der Waals surface area contributed by atoms with Crippen molar-refractivity contribution in [1.82, 2.24) is 5.32 Å². The van der Waals surface area contributed by atoms with Gasteiger partial charge in [0.2, 0.25) is 11.7 Å². The van der Waals surface area contributed by atoms with Gasteiger partial charge in [0.25, 0.3) is 0 Å². The summed E-state index contributed by atoms with van der Waals surface area (Å²) in [6, 6.07) is 21.5. The number of methoxy groups -OCH3 is 3. The molecule has 0 spiro atoms. The quantitative estimate of drug-likeness (QED) is 0.479. The highest BCUT2D eigenvalue weighted by molar-refractivity contribution is 5.76. The maximum absolute atomic E-state index is 12.4. The molecule has 0 radical (unpaired) electrons. The van der Waals surface area contributed by atoms with Crippen molar-refractivity contribution in [3.63, 3.8) is 0 Å². The van der Waals surface area contributed by atoms with E-state index in [1.807, 2.05) is 66.7 Å². The number of carbonyl (C=O) groups is 1. The third-order valence-electron chi connectivity index (χ3n) is 5.07. The predicted molar refractivity (Wildman–Crippen MR) is 123 cm³/mol. The second-order valence-electron chi connectivity index (χ2n) is 7.19. The zero-order valence-electron chi connectivity index (χ0n) is 18.7. The number of aryl methyl sites for hydroxylation is 1. The Morgan fingerprint density at radius 2 is 1.50 bits per heavy atom. The molecule has 32 heavy (non-hydrogen) atoms. The fourth-order valence-corrected chi connectivity index (χ4v) is 3.34. The van der Waals surface area contributed by atoms with Gasteiger partial charge in [-0.15, -0.1) is 0 Å². The molecule has 0 aliphatic rings. The first-order valence-corrected chi connectivity index (χ1v) is 10.4. The summed E-state index contributed by atoms with van der Waals surface area (Å²) in [4.78, 5) is 12.4. The first-order valence-electron chi connectivity index (χ1n) is 10.4. The molecule has 6 nitrogen and oxygen atoms in total. The first kappa shape index (κ1) is 23.0. The summed E-state index contributed by atoms with van der Waals surface area (Å²) in [5.41, 5.74) is 3.02. The van der Waals surface area contributed by atoms with E-state index in [0.717, 1.165) is 22.4 Å². The number of benzene rings is 3. The second kappa shape index (κ2) is 11.6. The lowest BCUT2D eigenvalue weighted by Gasteiger charge is -2.15. The van der Waals surface area contributed by atoms with Crippen LogP contribution in [-0.2, 0) is 24.4 Å².